The van der Waals surface area contributed by atoms with Crippen molar-refractivity contribution in [3.05, 3.63) is 12.2 Å². The molecule has 0 aromatic carbocycles. The Morgan fingerprint density at radius 3 is 2.19 bits per heavy atom. The SMILES string of the molecule is CCCCCCC=CCCCCOC(C)=O. The normalized spacial score (nSPS) is 10.9. The lowest BCUT2D eigenvalue weighted by molar-refractivity contribution is -0.141. The lowest BCUT2D eigenvalue weighted by Crippen LogP contribution is -1.99. The number of allylic oxidation sites excluding steroid dienone is 2. The number of hydrogen-bond acceptors (Lipinski definition) is 2. The zero-order valence-electron chi connectivity index (χ0n) is 10.8. The van der Waals surface area contributed by atoms with Crippen molar-refractivity contribution < 1.29 is 9.53 Å². The number of hydrogen-bond donors (Lipinski definition) is 0. The average Bonchev–Trinajstić information content (AvgIpc) is 2.25. The smallest absolute Gasteiger partial charge is 0.302 e. The molecule has 0 aromatic rings. The van der Waals surface area contributed by atoms with Gasteiger partial charge < -0.3 is 4.74 Å². The van der Waals surface area contributed by atoms with Crippen LogP contribution in [0.3, 0.4) is 0 Å². The molecule has 0 rings (SSSR count). The topological polar surface area (TPSA) is 26.3 Å². The van der Waals surface area contributed by atoms with Gasteiger partial charge >= 0.3 is 5.97 Å². The fourth-order valence-electron chi connectivity index (χ4n) is 1.50. The summed E-state index contributed by atoms with van der Waals surface area (Å²) in [5.41, 5.74) is 0. The minimum atomic E-state index is -0.175. The van der Waals surface area contributed by atoms with Crippen molar-refractivity contribution in [2.45, 2.75) is 65.2 Å². The van der Waals surface area contributed by atoms with Crippen LogP contribution in [0.1, 0.15) is 65.2 Å². The van der Waals surface area contributed by atoms with Gasteiger partial charge in [-0.1, -0.05) is 38.3 Å². The molecule has 0 saturated carbocycles. The van der Waals surface area contributed by atoms with Gasteiger partial charge in [0.15, 0.2) is 0 Å². The first-order chi connectivity index (χ1) is 7.77. The Bertz CT molecular complexity index is 185. The highest BCUT2D eigenvalue weighted by Crippen LogP contribution is 2.04. The molecule has 0 heterocycles. The van der Waals surface area contributed by atoms with E-state index in [2.05, 4.69) is 19.1 Å². The van der Waals surface area contributed by atoms with Gasteiger partial charge in [-0.25, -0.2) is 0 Å². The molecule has 0 saturated heterocycles. The Hall–Kier alpha value is -0.790. The molecule has 0 bridgehead atoms. The summed E-state index contributed by atoms with van der Waals surface area (Å²) in [7, 11) is 0. The van der Waals surface area contributed by atoms with E-state index < -0.39 is 0 Å². The summed E-state index contributed by atoms with van der Waals surface area (Å²) >= 11 is 0. The molecule has 16 heavy (non-hydrogen) atoms. The molecule has 0 fully saturated rings. The van der Waals surface area contributed by atoms with Crippen LogP contribution in [-0.2, 0) is 9.53 Å². The van der Waals surface area contributed by atoms with Gasteiger partial charge in [0.2, 0.25) is 0 Å². The first-order valence-electron chi connectivity index (χ1n) is 6.55. The van der Waals surface area contributed by atoms with Gasteiger partial charge in [-0.05, 0) is 32.1 Å². The molecule has 0 amide bonds. The maximum atomic E-state index is 10.5. The van der Waals surface area contributed by atoms with Crippen molar-refractivity contribution in [2.75, 3.05) is 6.61 Å². The zero-order chi connectivity index (χ0) is 12.1. The molecule has 0 atom stereocenters. The van der Waals surface area contributed by atoms with E-state index in [-0.39, 0.29) is 5.97 Å². The quantitative estimate of drug-likeness (QED) is 0.316. The minimum Gasteiger partial charge on any atom is -0.466 e. The van der Waals surface area contributed by atoms with E-state index in [9.17, 15) is 4.79 Å². The van der Waals surface area contributed by atoms with Gasteiger partial charge in [-0.15, -0.1) is 0 Å². The van der Waals surface area contributed by atoms with Gasteiger partial charge in [0.25, 0.3) is 0 Å². The molecule has 0 unspecified atom stereocenters. The summed E-state index contributed by atoms with van der Waals surface area (Å²) in [5, 5.41) is 0. The molecule has 2 nitrogen and oxygen atoms in total. The highest BCUT2D eigenvalue weighted by atomic mass is 16.5. The zero-order valence-corrected chi connectivity index (χ0v) is 10.8. The largest absolute Gasteiger partial charge is 0.466 e. The van der Waals surface area contributed by atoms with Gasteiger partial charge in [0, 0.05) is 6.92 Å². The second-order valence-electron chi connectivity index (χ2n) is 4.16. The highest BCUT2D eigenvalue weighted by molar-refractivity contribution is 5.65. The Balaban J connectivity index is 3.06. The first-order valence-corrected chi connectivity index (χ1v) is 6.55. The fraction of sp³-hybridized carbons (Fsp3) is 0.786. The van der Waals surface area contributed by atoms with Crippen LogP contribution in [0.25, 0.3) is 0 Å². The predicted molar refractivity (Wildman–Crippen MR) is 68.4 cm³/mol. The molecule has 0 aliphatic heterocycles. The third-order valence-electron chi connectivity index (χ3n) is 2.46. The van der Waals surface area contributed by atoms with Gasteiger partial charge in [0.05, 0.1) is 6.61 Å². The summed E-state index contributed by atoms with van der Waals surface area (Å²) in [6.07, 6.45) is 14.3. The van der Waals surface area contributed by atoms with E-state index in [1.165, 1.54) is 39.0 Å². The van der Waals surface area contributed by atoms with Gasteiger partial charge in [-0.3, -0.25) is 4.79 Å². The molecule has 0 N–H and O–H groups in total. The van der Waals surface area contributed by atoms with Crippen molar-refractivity contribution in [3.63, 3.8) is 0 Å². The van der Waals surface area contributed by atoms with Crippen LogP contribution in [0.5, 0.6) is 0 Å². The van der Waals surface area contributed by atoms with Crippen molar-refractivity contribution >= 4 is 5.97 Å². The number of esters is 1. The molecule has 0 aliphatic rings. The third kappa shape index (κ3) is 13.2. The average molecular weight is 226 g/mol. The first kappa shape index (κ1) is 15.2. The maximum absolute atomic E-state index is 10.5. The molecular formula is C14H26O2. The van der Waals surface area contributed by atoms with Crippen molar-refractivity contribution in [1.82, 2.24) is 0 Å². The van der Waals surface area contributed by atoms with Crippen LogP contribution in [0, 0.1) is 0 Å². The number of unbranched alkanes of at least 4 members (excludes halogenated alkanes) is 6. The van der Waals surface area contributed by atoms with Crippen LogP contribution in [0.4, 0.5) is 0 Å². The van der Waals surface area contributed by atoms with Crippen molar-refractivity contribution in [3.8, 4) is 0 Å². The number of carbonyl (C=O) groups is 1. The van der Waals surface area contributed by atoms with Gasteiger partial charge in [-0.2, -0.15) is 0 Å². The van der Waals surface area contributed by atoms with Gasteiger partial charge in [0.1, 0.15) is 0 Å². The van der Waals surface area contributed by atoms with Crippen molar-refractivity contribution in [1.29, 1.82) is 0 Å². The lowest BCUT2D eigenvalue weighted by Gasteiger charge is -1.99. The summed E-state index contributed by atoms with van der Waals surface area (Å²) in [6, 6.07) is 0. The number of ether oxygens (including phenoxy) is 1. The predicted octanol–water partition coefficient (Wildman–Crippen LogP) is 4.25. The molecule has 0 spiro atoms. The van der Waals surface area contributed by atoms with Crippen LogP contribution in [0.15, 0.2) is 12.2 Å². The maximum Gasteiger partial charge on any atom is 0.302 e. The van der Waals surface area contributed by atoms with Crippen LogP contribution in [-0.4, -0.2) is 12.6 Å². The van der Waals surface area contributed by atoms with E-state index in [4.69, 9.17) is 4.74 Å². The minimum absolute atomic E-state index is 0.175. The van der Waals surface area contributed by atoms with E-state index in [1.807, 2.05) is 0 Å². The summed E-state index contributed by atoms with van der Waals surface area (Å²) in [6.45, 7) is 4.26. The van der Waals surface area contributed by atoms with Crippen LogP contribution < -0.4 is 0 Å². The number of rotatable bonds is 10. The van der Waals surface area contributed by atoms with E-state index >= 15 is 0 Å². The summed E-state index contributed by atoms with van der Waals surface area (Å²) < 4.78 is 4.85. The van der Waals surface area contributed by atoms with Crippen LogP contribution in [0.2, 0.25) is 0 Å². The Kier molecular flexibility index (Phi) is 11.7. The van der Waals surface area contributed by atoms with Crippen molar-refractivity contribution in [2.24, 2.45) is 0 Å². The molecule has 94 valence electrons. The number of carbonyl (C=O) groups excluding carboxylic acids is 1. The Morgan fingerprint density at radius 2 is 1.62 bits per heavy atom. The highest BCUT2D eigenvalue weighted by Gasteiger charge is 1.91. The molecular weight excluding hydrogens is 200 g/mol. The second kappa shape index (κ2) is 12.3. The molecule has 0 aliphatic carbocycles. The standard InChI is InChI=1S/C14H26O2/c1-3-4-5-6-7-8-9-10-11-12-13-16-14(2)15/h8-9H,3-7,10-13H2,1-2H3. The van der Waals surface area contributed by atoms with E-state index in [0.29, 0.717) is 6.61 Å². The molecule has 2 heteroatoms. The fourth-order valence-corrected chi connectivity index (χ4v) is 1.50. The third-order valence-corrected chi connectivity index (χ3v) is 2.46. The molecule has 0 aromatic heterocycles. The Labute approximate surface area is 100 Å². The van der Waals surface area contributed by atoms with E-state index in [1.54, 1.807) is 0 Å². The van der Waals surface area contributed by atoms with E-state index in [0.717, 1.165) is 19.3 Å². The monoisotopic (exact) mass is 226 g/mol. The molecule has 0 radical (unpaired) electrons. The van der Waals surface area contributed by atoms with Crippen LogP contribution >= 0.6 is 0 Å². The summed E-state index contributed by atoms with van der Waals surface area (Å²) in [5.74, 6) is -0.175. The summed E-state index contributed by atoms with van der Waals surface area (Å²) in [4.78, 5) is 10.5. The Morgan fingerprint density at radius 1 is 1.00 bits per heavy atom. The second-order valence-corrected chi connectivity index (χ2v) is 4.16. The lowest BCUT2D eigenvalue weighted by atomic mass is 10.1.